The molecule has 2 aliphatic rings. The Balaban J connectivity index is 1.17. The van der Waals surface area contributed by atoms with Crippen LogP contribution in [0.2, 0.25) is 0 Å². The molecular weight excluding hydrogens is 699 g/mol. The second-order valence-electron chi connectivity index (χ2n) is 16.2. The molecule has 0 amide bonds. The molecule has 0 radical (unpaired) electrons. The Morgan fingerprint density at radius 1 is 0.411 bits per heavy atom. The number of hydrogen-bond donors (Lipinski definition) is 0. The van der Waals surface area contributed by atoms with Crippen molar-refractivity contribution >= 4 is 70.5 Å². The molecular formula is C53H37NOS. The van der Waals surface area contributed by atoms with E-state index in [-0.39, 0.29) is 5.41 Å². The first kappa shape index (κ1) is 31.9. The minimum absolute atomic E-state index is 0.135. The largest absolute Gasteiger partial charge is 0.456 e. The molecule has 0 aliphatic heterocycles. The molecule has 12 rings (SSSR count). The summed E-state index contributed by atoms with van der Waals surface area (Å²) in [5.74, 6) is 0. The quantitative estimate of drug-likeness (QED) is 0.179. The normalized spacial score (nSPS) is 14.6. The Kier molecular flexibility index (Phi) is 6.44. The van der Waals surface area contributed by atoms with Gasteiger partial charge in [0.2, 0.25) is 0 Å². The van der Waals surface area contributed by atoms with E-state index in [0.717, 1.165) is 39.0 Å². The fourth-order valence-corrected chi connectivity index (χ4v) is 11.3. The van der Waals surface area contributed by atoms with Gasteiger partial charge < -0.3 is 9.32 Å². The number of furan rings is 1. The van der Waals surface area contributed by atoms with Crippen molar-refractivity contribution in [3.8, 4) is 22.3 Å². The van der Waals surface area contributed by atoms with Crippen molar-refractivity contribution in [2.45, 2.75) is 31.6 Å². The van der Waals surface area contributed by atoms with Crippen LogP contribution in [0.1, 0.15) is 48.6 Å². The van der Waals surface area contributed by atoms with Gasteiger partial charge >= 0.3 is 0 Å². The van der Waals surface area contributed by atoms with Crippen molar-refractivity contribution in [3.05, 3.63) is 198 Å². The number of rotatable bonds is 4. The predicted octanol–water partition coefficient (Wildman–Crippen LogP) is 15.1. The molecule has 10 aromatic rings. The molecule has 266 valence electrons. The van der Waals surface area contributed by atoms with E-state index in [0.29, 0.717) is 0 Å². The van der Waals surface area contributed by atoms with Crippen LogP contribution in [0.4, 0.5) is 17.1 Å². The SMILES string of the molecule is CC1(C)c2ccccc2-c2ccc(N(c3ccc4c(c3)sc3ccccc34)c3cc(C4(C)c5ccccc5-c5ccccc54)c4oc5ccccc5c4c3)cc21. The molecule has 56 heavy (non-hydrogen) atoms. The maximum Gasteiger partial charge on any atom is 0.140 e. The highest BCUT2D eigenvalue weighted by Gasteiger charge is 2.43. The van der Waals surface area contributed by atoms with E-state index in [1.165, 1.54) is 70.2 Å². The first-order valence-corrected chi connectivity index (χ1v) is 20.3. The average molecular weight is 736 g/mol. The van der Waals surface area contributed by atoms with Gasteiger partial charge in [-0.05, 0) is 100.0 Å². The minimum Gasteiger partial charge on any atom is -0.456 e. The van der Waals surface area contributed by atoms with Gasteiger partial charge in [-0.3, -0.25) is 0 Å². The van der Waals surface area contributed by atoms with Crippen LogP contribution in [0.3, 0.4) is 0 Å². The summed E-state index contributed by atoms with van der Waals surface area (Å²) in [7, 11) is 0. The van der Waals surface area contributed by atoms with E-state index in [2.05, 4.69) is 196 Å². The van der Waals surface area contributed by atoms with E-state index in [1.54, 1.807) is 0 Å². The van der Waals surface area contributed by atoms with Gasteiger partial charge in [0.1, 0.15) is 11.2 Å². The van der Waals surface area contributed by atoms with Crippen molar-refractivity contribution in [2.24, 2.45) is 0 Å². The summed E-state index contributed by atoms with van der Waals surface area (Å²) >= 11 is 1.87. The Bertz CT molecular complexity index is 3220. The zero-order chi connectivity index (χ0) is 37.3. The highest BCUT2D eigenvalue weighted by atomic mass is 32.1. The first-order chi connectivity index (χ1) is 27.4. The van der Waals surface area contributed by atoms with Crippen LogP contribution in [0.15, 0.2) is 174 Å². The van der Waals surface area contributed by atoms with Crippen LogP contribution < -0.4 is 4.90 Å². The molecule has 0 saturated carbocycles. The number of benzene rings is 8. The molecule has 2 aromatic heterocycles. The lowest BCUT2D eigenvalue weighted by Gasteiger charge is -2.32. The van der Waals surface area contributed by atoms with Gasteiger partial charge in [-0.25, -0.2) is 0 Å². The lowest BCUT2D eigenvalue weighted by Crippen LogP contribution is -2.23. The number of para-hydroxylation sites is 1. The Morgan fingerprint density at radius 3 is 1.73 bits per heavy atom. The van der Waals surface area contributed by atoms with Crippen LogP contribution in [0, 0.1) is 0 Å². The van der Waals surface area contributed by atoms with Crippen molar-refractivity contribution in [1.29, 1.82) is 0 Å². The Morgan fingerprint density at radius 2 is 0.964 bits per heavy atom. The van der Waals surface area contributed by atoms with Crippen LogP contribution in [0.5, 0.6) is 0 Å². The zero-order valence-corrected chi connectivity index (χ0v) is 32.2. The van der Waals surface area contributed by atoms with E-state index in [1.807, 2.05) is 11.3 Å². The summed E-state index contributed by atoms with van der Waals surface area (Å²) in [5, 5.41) is 4.85. The van der Waals surface area contributed by atoms with E-state index < -0.39 is 5.41 Å². The van der Waals surface area contributed by atoms with Gasteiger partial charge in [0.15, 0.2) is 0 Å². The van der Waals surface area contributed by atoms with Crippen molar-refractivity contribution in [3.63, 3.8) is 0 Å². The van der Waals surface area contributed by atoms with Crippen LogP contribution in [-0.2, 0) is 10.8 Å². The third-order valence-corrected chi connectivity index (χ3v) is 14.1. The fraction of sp³-hybridized carbons (Fsp3) is 0.0943. The molecule has 0 spiro atoms. The second kappa shape index (κ2) is 11.3. The summed E-state index contributed by atoms with van der Waals surface area (Å²) in [4.78, 5) is 2.49. The third-order valence-electron chi connectivity index (χ3n) is 12.9. The Hall–Kier alpha value is -6.42. The second-order valence-corrected chi connectivity index (χ2v) is 17.3. The molecule has 2 aliphatic carbocycles. The molecule has 0 atom stereocenters. The number of fused-ring (bicyclic) bond motifs is 12. The smallest absolute Gasteiger partial charge is 0.140 e. The number of thiophene rings is 1. The molecule has 0 saturated heterocycles. The van der Waals surface area contributed by atoms with E-state index >= 15 is 0 Å². The Labute approximate surface area is 329 Å². The highest BCUT2D eigenvalue weighted by Crippen LogP contribution is 2.56. The predicted molar refractivity (Wildman–Crippen MR) is 236 cm³/mol. The lowest BCUT2D eigenvalue weighted by atomic mass is 9.73. The molecule has 2 heterocycles. The number of hydrogen-bond acceptors (Lipinski definition) is 3. The molecule has 0 bridgehead atoms. The maximum absolute atomic E-state index is 6.94. The van der Waals surface area contributed by atoms with Crippen molar-refractivity contribution in [2.75, 3.05) is 4.90 Å². The van der Waals surface area contributed by atoms with Gasteiger partial charge in [-0.1, -0.05) is 135 Å². The van der Waals surface area contributed by atoms with Crippen LogP contribution in [0.25, 0.3) is 64.4 Å². The van der Waals surface area contributed by atoms with Crippen molar-refractivity contribution in [1.82, 2.24) is 0 Å². The van der Waals surface area contributed by atoms with Crippen LogP contribution >= 0.6 is 11.3 Å². The zero-order valence-electron chi connectivity index (χ0n) is 31.4. The number of anilines is 3. The summed E-state index contributed by atoms with van der Waals surface area (Å²) < 4.78 is 9.52. The van der Waals surface area contributed by atoms with E-state index in [4.69, 9.17) is 4.42 Å². The highest BCUT2D eigenvalue weighted by molar-refractivity contribution is 7.25. The van der Waals surface area contributed by atoms with Gasteiger partial charge in [0, 0.05) is 64.4 Å². The topological polar surface area (TPSA) is 16.4 Å². The van der Waals surface area contributed by atoms with Crippen molar-refractivity contribution < 1.29 is 4.42 Å². The third kappa shape index (κ3) is 4.21. The average Bonchev–Trinajstić information content (AvgIpc) is 3.94. The van der Waals surface area contributed by atoms with Gasteiger partial charge in [0.05, 0.1) is 0 Å². The van der Waals surface area contributed by atoms with Gasteiger partial charge in [-0.2, -0.15) is 0 Å². The molecule has 8 aromatic carbocycles. The maximum atomic E-state index is 6.94. The summed E-state index contributed by atoms with van der Waals surface area (Å²) in [6, 6.07) is 63.0. The molecule has 2 nitrogen and oxygen atoms in total. The molecule has 0 fully saturated rings. The van der Waals surface area contributed by atoms with Gasteiger partial charge in [-0.15, -0.1) is 11.3 Å². The molecule has 3 heteroatoms. The summed E-state index contributed by atoms with van der Waals surface area (Å²) in [5.41, 5.74) is 16.3. The van der Waals surface area contributed by atoms with E-state index in [9.17, 15) is 0 Å². The summed E-state index contributed by atoms with van der Waals surface area (Å²) in [6.45, 7) is 7.13. The molecule has 0 unspecified atom stereocenters. The van der Waals surface area contributed by atoms with Crippen LogP contribution in [-0.4, -0.2) is 0 Å². The monoisotopic (exact) mass is 735 g/mol. The molecule has 0 N–H and O–H groups in total. The van der Waals surface area contributed by atoms with Gasteiger partial charge in [0.25, 0.3) is 0 Å². The standard InChI is InChI=1S/C53H37NOS/c1-52(2)43-19-9-4-14-35(43)38-26-24-32(29-46(38)52)54(33-25-27-41-40-18-8-13-23-49(40)56-50(41)31-33)34-28-42-39-17-7-12-22-48(39)55-51(42)47(30-34)53(3)44-20-10-5-15-36(44)37-16-6-11-21-45(37)53/h4-31H,1-3H3. The first-order valence-electron chi connectivity index (χ1n) is 19.5. The number of nitrogens with zero attached hydrogens (tertiary/aromatic N) is 1. The minimum atomic E-state index is -0.460. The lowest BCUT2D eigenvalue weighted by molar-refractivity contribution is 0.638. The fourth-order valence-electron chi connectivity index (χ4n) is 10.2. The summed E-state index contributed by atoms with van der Waals surface area (Å²) in [6.07, 6.45) is 0.